The van der Waals surface area contributed by atoms with Gasteiger partial charge in [0.1, 0.15) is 5.54 Å². The van der Waals surface area contributed by atoms with Crippen molar-refractivity contribution in [3.8, 4) is 0 Å². The van der Waals surface area contributed by atoms with Crippen molar-refractivity contribution in [1.29, 1.82) is 0 Å². The lowest BCUT2D eigenvalue weighted by Gasteiger charge is -2.41. The van der Waals surface area contributed by atoms with Crippen LogP contribution in [-0.4, -0.2) is 46.9 Å². The van der Waals surface area contributed by atoms with Gasteiger partial charge in [-0.1, -0.05) is 19.3 Å². The number of likely N-dealkylation sites (N-methyl/N-ethyl adjacent to an activating group) is 1. The van der Waals surface area contributed by atoms with Gasteiger partial charge < -0.3 is 15.3 Å². The molecule has 0 aromatic carbocycles. The number of nitrogens with zero attached hydrogens (tertiary/aromatic N) is 1. The van der Waals surface area contributed by atoms with Crippen molar-refractivity contribution in [2.24, 2.45) is 5.92 Å². The quantitative estimate of drug-likeness (QED) is 0.698. The van der Waals surface area contributed by atoms with Crippen LogP contribution in [0.4, 0.5) is 0 Å². The SMILES string of the molecule is CN(C(=O)CCCNC(=O)C1CC1)C1(C(=O)O)CCCCC1. The number of carbonyl (C=O) groups excluding carboxylic acids is 2. The second-order valence-corrected chi connectivity index (χ2v) is 6.52. The van der Waals surface area contributed by atoms with E-state index in [1.54, 1.807) is 7.05 Å². The number of aliphatic carboxylic acids is 1. The van der Waals surface area contributed by atoms with Crippen LogP contribution in [0.5, 0.6) is 0 Å². The number of carboxylic acid groups (broad SMARTS) is 1. The normalized spacial score (nSPS) is 20.2. The molecule has 0 radical (unpaired) electrons. The van der Waals surface area contributed by atoms with Crippen LogP contribution >= 0.6 is 0 Å². The summed E-state index contributed by atoms with van der Waals surface area (Å²) in [5.74, 6) is -0.791. The number of rotatable bonds is 7. The van der Waals surface area contributed by atoms with Gasteiger partial charge in [0.15, 0.2) is 0 Å². The number of carbonyl (C=O) groups is 3. The van der Waals surface area contributed by atoms with Crippen molar-refractivity contribution in [3.05, 3.63) is 0 Å². The van der Waals surface area contributed by atoms with Crippen LogP contribution in [0.3, 0.4) is 0 Å². The van der Waals surface area contributed by atoms with Crippen LogP contribution in [0.25, 0.3) is 0 Å². The molecule has 0 aromatic rings. The Kier molecular flexibility index (Phi) is 5.42. The number of amides is 2. The summed E-state index contributed by atoms with van der Waals surface area (Å²) in [4.78, 5) is 36.9. The smallest absolute Gasteiger partial charge is 0.329 e. The van der Waals surface area contributed by atoms with Gasteiger partial charge in [-0.15, -0.1) is 0 Å². The van der Waals surface area contributed by atoms with Crippen molar-refractivity contribution in [1.82, 2.24) is 10.2 Å². The molecule has 2 aliphatic rings. The molecule has 0 bridgehead atoms. The second kappa shape index (κ2) is 7.11. The molecule has 0 atom stereocenters. The molecule has 0 saturated heterocycles. The van der Waals surface area contributed by atoms with Gasteiger partial charge in [-0.05, 0) is 32.1 Å². The van der Waals surface area contributed by atoms with Gasteiger partial charge in [0.2, 0.25) is 11.8 Å². The summed E-state index contributed by atoms with van der Waals surface area (Å²) >= 11 is 0. The molecule has 0 unspecified atom stereocenters. The molecule has 6 nitrogen and oxygen atoms in total. The van der Waals surface area contributed by atoms with Gasteiger partial charge in [0.05, 0.1) is 0 Å². The molecule has 2 aliphatic carbocycles. The lowest BCUT2D eigenvalue weighted by atomic mass is 9.80. The molecule has 124 valence electrons. The lowest BCUT2D eigenvalue weighted by molar-refractivity contribution is -0.160. The van der Waals surface area contributed by atoms with E-state index >= 15 is 0 Å². The fraction of sp³-hybridized carbons (Fsp3) is 0.812. The Balaban J connectivity index is 1.79. The zero-order chi connectivity index (χ0) is 16.2. The number of nitrogens with one attached hydrogen (secondary N) is 1. The van der Waals surface area contributed by atoms with Crippen LogP contribution < -0.4 is 5.32 Å². The minimum Gasteiger partial charge on any atom is -0.479 e. The zero-order valence-electron chi connectivity index (χ0n) is 13.3. The van der Waals surface area contributed by atoms with Crippen LogP contribution in [0, 0.1) is 5.92 Å². The van der Waals surface area contributed by atoms with Gasteiger partial charge in [-0.2, -0.15) is 0 Å². The van der Waals surface area contributed by atoms with Crippen LogP contribution in [0.1, 0.15) is 57.8 Å². The molecule has 2 saturated carbocycles. The van der Waals surface area contributed by atoms with Gasteiger partial charge in [0, 0.05) is 25.9 Å². The van der Waals surface area contributed by atoms with Gasteiger partial charge in [0.25, 0.3) is 0 Å². The largest absolute Gasteiger partial charge is 0.479 e. The number of carboxylic acids is 1. The molecule has 2 N–H and O–H groups in total. The van der Waals surface area contributed by atoms with Crippen LogP contribution in [0.2, 0.25) is 0 Å². The molecule has 2 amide bonds. The van der Waals surface area contributed by atoms with Crippen LogP contribution in [-0.2, 0) is 14.4 Å². The highest BCUT2D eigenvalue weighted by molar-refractivity contribution is 5.87. The fourth-order valence-corrected chi connectivity index (χ4v) is 3.18. The predicted octanol–water partition coefficient (Wildman–Crippen LogP) is 1.54. The Labute approximate surface area is 131 Å². The van der Waals surface area contributed by atoms with Crippen LogP contribution in [0.15, 0.2) is 0 Å². The van der Waals surface area contributed by atoms with E-state index < -0.39 is 11.5 Å². The van der Waals surface area contributed by atoms with Crippen molar-refractivity contribution < 1.29 is 19.5 Å². The molecule has 0 aliphatic heterocycles. The van der Waals surface area contributed by atoms with E-state index in [1.807, 2.05) is 0 Å². The zero-order valence-corrected chi connectivity index (χ0v) is 13.3. The van der Waals surface area contributed by atoms with Gasteiger partial charge in [-0.25, -0.2) is 4.79 Å². The fourth-order valence-electron chi connectivity index (χ4n) is 3.18. The maximum Gasteiger partial charge on any atom is 0.329 e. The molecular weight excluding hydrogens is 284 g/mol. The minimum atomic E-state index is -1.04. The summed E-state index contributed by atoms with van der Waals surface area (Å²) < 4.78 is 0. The molecule has 0 aromatic heterocycles. The standard InChI is InChI=1S/C16H26N2O4/c1-18(16(15(21)22)9-3-2-4-10-16)13(19)6-5-11-17-14(20)12-7-8-12/h12H,2-11H2,1H3,(H,17,20)(H,21,22). The first kappa shape index (κ1) is 16.8. The summed E-state index contributed by atoms with van der Waals surface area (Å²) in [5.41, 5.74) is -1.04. The number of hydrogen-bond donors (Lipinski definition) is 2. The van der Waals surface area contributed by atoms with Crippen molar-refractivity contribution >= 4 is 17.8 Å². The Hall–Kier alpha value is -1.59. The Morgan fingerprint density at radius 3 is 2.36 bits per heavy atom. The molecule has 6 heteroatoms. The molecule has 0 spiro atoms. The van der Waals surface area contributed by atoms with E-state index in [0.717, 1.165) is 32.1 Å². The van der Waals surface area contributed by atoms with E-state index in [9.17, 15) is 19.5 Å². The first-order valence-corrected chi connectivity index (χ1v) is 8.25. The summed E-state index contributed by atoms with van der Waals surface area (Å²) in [7, 11) is 1.60. The van der Waals surface area contributed by atoms with Crippen molar-refractivity contribution in [2.45, 2.75) is 63.3 Å². The third-order valence-electron chi connectivity index (χ3n) is 4.91. The second-order valence-electron chi connectivity index (χ2n) is 6.52. The highest BCUT2D eigenvalue weighted by Crippen LogP contribution is 2.33. The number of hydrogen-bond acceptors (Lipinski definition) is 3. The van der Waals surface area contributed by atoms with E-state index in [1.165, 1.54) is 4.90 Å². The first-order valence-electron chi connectivity index (χ1n) is 8.25. The van der Waals surface area contributed by atoms with Gasteiger partial charge in [-0.3, -0.25) is 9.59 Å². The monoisotopic (exact) mass is 310 g/mol. The average molecular weight is 310 g/mol. The predicted molar refractivity (Wildman–Crippen MR) is 81.2 cm³/mol. The third kappa shape index (κ3) is 3.78. The van der Waals surface area contributed by atoms with Crippen molar-refractivity contribution in [2.75, 3.05) is 13.6 Å². The Morgan fingerprint density at radius 2 is 1.82 bits per heavy atom. The van der Waals surface area contributed by atoms with E-state index in [0.29, 0.717) is 25.8 Å². The maximum atomic E-state index is 12.3. The van der Waals surface area contributed by atoms with E-state index in [-0.39, 0.29) is 24.2 Å². The molecule has 0 heterocycles. The summed E-state index contributed by atoms with van der Waals surface area (Å²) in [5, 5.41) is 12.4. The highest BCUT2D eigenvalue weighted by atomic mass is 16.4. The minimum absolute atomic E-state index is 0.0788. The molecule has 2 rings (SSSR count). The lowest BCUT2D eigenvalue weighted by Crippen LogP contribution is -2.56. The molecule has 22 heavy (non-hydrogen) atoms. The third-order valence-corrected chi connectivity index (χ3v) is 4.91. The molecule has 2 fully saturated rings. The average Bonchev–Trinajstić information content (AvgIpc) is 3.35. The maximum absolute atomic E-state index is 12.3. The summed E-state index contributed by atoms with van der Waals surface area (Å²) in [6, 6.07) is 0. The Bertz CT molecular complexity index is 439. The topological polar surface area (TPSA) is 86.7 Å². The first-order chi connectivity index (χ1) is 10.5. The highest BCUT2D eigenvalue weighted by Gasteiger charge is 2.45. The van der Waals surface area contributed by atoms with Gasteiger partial charge >= 0.3 is 5.97 Å². The summed E-state index contributed by atoms with van der Waals surface area (Å²) in [6.45, 7) is 0.481. The van der Waals surface area contributed by atoms with Crippen molar-refractivity contribution in [3.63, 3.8) is 0 Å². The van der Waals surface area contributed by atoms with E-state index in [2.05, 4.69) is 5.32 Å². The van der Waals surface area contributed by atoms with E-state index in [4.69, 9.17) is 0 Å². The Morgan fingerprint density at radius 1 is 1.18 bits per heavy atom. The summed E-state index contributed by atoms with van der Waals surface area (Å²) in [6.07, 6.45) is 6.55. The molecular formula is C16H26N2O4.